The summed E-state index contributed by atoms with van der Waals surface area (Å²) in [6, 6.07) is 8.69. The maximum atomic E-state index is 5.35. The number of ether oxygens (including phenoxy) is 1. The summed E-state index contributed by atoms with van der Waals surface area (Å²) in [6.45, 7) is 2.31. The molecular formula is C16H20N2O. The minimum Gasteiger partial charge on any atom is -0.481 e. The molecule has 1 N–H and O–H groups in total. The largest absolute Gasteiger partial charge is 0.481 e. The van der Waals surface area contributed by atoms with Crippen molar-refractivity contribution in [2.45, 2.75) is 19.3 Å². The average Bonchev–Trinajstić information content (AvgIpc) is 2.47. The van der Waals surface area contributed by atoms with Crippen molar-refractivity contribution in [3.63, 3.8) is 0 Å². The van der Waals surface area contributed by atoms with Crippen LogP contribution in [-0.2, 0) is 6.42 Å². The topological polar surface area (TPSA) is 34.1 Å². The predicted molar refractivity (Wildman–Crippen MR) is 77.6 cm³/mol. The number of fused-ring (bicyclic) bond motifs is 1. The third-order valence-corrected chi connectivity index (χ3v) is 3.97. The van der Waals surface area contributed by atoms with E-state index in [-0.39, 0.29) is 0 Å². The number of hydrogen-bond acceptors (Lipinski definition) is 3. The summed E-state index contributed by atoms with van der Waals surface area (Å²) in [5, 5.41) is 5.74. The first-order chi connectivity index (χ1) is 9.36. The summed E-state index contributed by atoms with van der Waals surface area (Å²) < 4.78 is 5.35. The van der Waals surface area contributed by atoms with E-state index in [0.29, 0.717) is 0 Å². The molecule has 0 spiro atoms. The van der Waals surface area contributed by atoms with Crippen molar-refractivity contribution in [1.82, 2.24) is 10.3 Å². The smallest absolute Gasteiger partial charge is 0.221 e. The lowest BCUT2D eigenvalue weighted by atomic mass is 9.90. The van der Waals surface area contributed by atoms with Crippen molar-refractivity contribution in [1.29, 1.82) is 0 Å². The molecule has 0 atom stereocenters. The van der Waals surface area contributed by atoms with Gasteiger partial charge in [0, 0.05) is 11.6 Å². The van der Waals surface area contributed by atoms with Gasteiger partial charge in [0.25, 0.3) is 0 Å². The van der Waals surface area contributed by atoms with Crippen LogP contribution in [0.3, 0.4) is 0 Å². The van der Waals surface area contributed by atoms with E-state index in [1.165, 1.54) is 23.8 Å². The Hall–Kier alpha value is -1.61. The van der Waals surface area contributed by atoms with Gasteiger partial charge in [-0.3, -0.25) is 0 Å². The lowest BCUT2D eigenvalue weighted by molar-refractivity contribution is 0.372. The fourth-order valence-corrected chi connectivity index (χ4v) is 2.90. The first-order valence-corrected chi connectivity index (χ1v) is 6.99. The van der Waals surface area contributed by atoms with Crippen molar-refractivity contribution < 1.29 is 4.74 Å². The van der Waals surface area contributed by atoms with Crippen molar-refractivity contribution in [2.75, 3.05) is 20.2 Å². The monoisotopic (exact) mass is 256 g/mol. The Morgan fingerprint density at radius 2 is 2.11 bits per heavy atom. The Bertz CT molecular complexity index is 562. The molecule has 0 bridgehead atoms. The molecular weight excluding hydrogens is 236 g/mol. The second-order valence-electron chi connectivity index (χ2n) is 5.27. The molecule has 3 heteroatoms. The molecule has 0 saturated carbocycles. The molecule has 0 unspecified atom stereocenters. The Labute approximate surface area is 114 Å². The number of hydrogen-bond donors (Lipinski definition) is 1. The second kappa shape index (κ2) is 5.57. The lowest BCUT2D eigenvalue weighted by Crippen LogP contribution is -2.28. The molecule has 2 heterocycles. The molecule has 3 nitrogen and oxygen atoms in total. The van der Waals surface area contributed by atoms with E-state index in [1.807, 2.05) is 6.07 Å². The zero-order chi connectivity index (χ0) is 13.1. The highest BCUT2D eigenvalue weighted by molar-refractivity contribution is 5.87. The van der Waals surface area contributed by atoms with E-state index >= 15 is 0 Å². The van der Waals surface area contributed by atoms with Crippen LogP contribution in [0.1, 0.15) is 18.4 Å². The Kier molecular flexibility index (Phi) is 3.65. The van der Waals surface area contributed by atoms with E-state index in [0.717, 1.165) is 36.7 Å². The molecule has 100 valence electrons. The number of rotatable bonds is 3. The van der Waals surface area contributed by atoms with E-state index in [9.17, 15) is 0 Å². The summed E-state index contributed by atoms with van der Waals surface area (Å²) in [6.07, 6.45) is 5.52. The van der Waals surface area contributed by atoms with Crippen molar-refractivity contribution in [3.05, 3.63) is 36.0 Å². The van der Waals surface area contributed by atoms with Crippen LogP contribution >= 0.6 is 0 Å². The average molecular weight is 256 g/mol. The Balaban J connectivity index is 1.87. The predicted octanol–water partition coefficient (Wildman–Crippen LogP) is 2.79. The normalized spacial score (nSPS) is 16.7. The molecule has 1 aliphatic heterocycles. The van der Waals surface area contributed by atoms with Crippen LogP contribution in [0.2, 0.25) is 0 Å². The van der Waals surface area contributed by atoms with Crippen LogP contribution in [0.25, 0.3) is 10.8 Å². The Morgan fingerprint density at radius 3 is 2.89 bits per heavy atom. The number of piperidine rings is 1. The molecule has 0 radical (unpaired) electrons. The molecule has 2 aromatic rings. The molecule has 3 rings (SSSR count). The highest BCUT2D eigenvalue weighted by Crippen LogP contribution is 2.26. The molecule has 1 aliphatic rings. The summed E-state index contributed by atoms with van der Waals surface area (Å²) in [5.74, 6) is 1.53. The van der Waals surface area contributed by atoms with Gasteiger partial charge in [-0.05, 0) is 61.4 Å². The van der Waals surface area contributed by atoms with Crippen molar-refractivity contribution in [2.24, 2.45) is 5.92 Å². The van der Waals surface area contributed by atoms with Gasteiger partial charge in [-0.15, -0.1) is 0 Å². The third kappa shape index (κ3) is 2.71. The fraction of sp³-hybridized carbons (Fsp3) is 0.438. The highest BCUT2D eigenvalue weighted by atomic mass is 16.5. The zero-order valence-corrected chi connectivity index (χ0v) is 11.4. The van der Waals surface area contributed by atoms with Crippen LogP contribution < -0.4 is 10.1 Å². The number of nitrogens with one attached hydrogen (secondary N) is 1. The summed E-state index contributed by atoms with van der Waals surface area (Å²) in [5.41, 5.74) is 1.39. The molecule has 19 heavy (non-hydrogen) atoms. The van der Waals surface area contributed by atoms with Crippen molar-refractivity contribution in [3.8, 4) is 5.88 Å². The molecule has 1 saturated heterocycles. The third-order valence-electron chi connectivity index (χ3n) is 3.97. The quantitative estimate of drug-likeness (QED) is 0.917. The Morgan fingerprint density at radius 1 is 1.26 bits per heavy atom. The summed E-state index contributed by atoms with van der Waals surface area (Å²) >= 11 is 0. The number of pyridine rings is 1. The van der Waals surface area contributed by atoms with Gasteiger partial charge in [0.15, 0.2) is 0 Å². The zero-order valence-electron chi connectivity index (χ0n) is 11.4. The van der Waals surface area contributed by atoms with Gasteiger partial charge in [-0.25, -0.2) is 4.98 Å². The number of aromatic nitrogens is 1. The highest BCUT2D eigenvalue weighted by Gasteiger charge is 2.14. The van der Waals surface area contributed by atoms with Gasteiger partial charge in [0.1, 0.15) is 0 Å². The number of methoxy groups -OCH3 is 1. The van der Waals surface area contributed by atoms with E-state index in [1.54, 1.807) is 13.3 Å². The van der Waals surface area contributed by atoms with Crippen LogP contribution in [0.15, 0.2) is 30.5 Å². The van der Waals surface area contributed by atoms with Crippen LogP contribution in [-0.4, -0.2) is 25.2 Å². The summed E-state index contributed by atoms with van der Waals surface area (Å²) in [7, 11) is 1.68. The lowest BCUT2D eigenvalue weighted by Gasteiger charge is -2.22. The number of benzene rings is 1. The summed E-state index contributed by atoms with van der Waals surface area (Å²) in [4.78, 5) is 4.28. The van der Waals surface area contributed by atoms with Gasteiger partial charge in [0.05, 0.1) is 7.11 Å². The molecule has 1 aromatic heterocycles. The van der Waals surface area contributed by atoms with Crippen LogP contribution in [0, 0.1) is 5.92 Å². The van der Waals surface area contributed by atoms with Gasteiger partial charge >= 0.3 is 0 Å². The van der Waals surface area contributed by atoms with Crippen LogP contribution in [0.5, 0.6) is 5.88 Å². The van der Waals surface area contributed by atoms with Gasteiger partial charge in [-0.1, -0.05) is 12.1 Å². The van der Waals surface area contributed by atoms with Gasteiger partial charge < -0.3 is 10.1 Å². The first kappa shape index (κ1) is 12.4. The number of nitrogens with zero attached hydrogens (tertiary/aromatic N) is 1. The molecule has 1 aromatic carbocycles. The molecule has 0 aliphatic carbocycles. The molecule has 1 fully saturated rings. The van der Waals surface area contributed by atoms with E-state index in [2.05, 4.69) is 28.5 Å². The fourth-order valence-electron chi connectivity index (χ4n) is 2.90. The van der Waals surface area contributed by atoms with Crippen LogP contribution in [0.4, 0.5) is 0 Å². The SMILES string of the molecule is COc1nccc2ccc(CC3CCNCC3)cc12. The minimum atomic E-state index is 0.727. The standard InChI is InChI=1S/C16H20N2O/c1-19-16-15-11-13(2-3-14(15)6-9-18-16)10-12-4-7-17-8-5-12/h2-3,6,9,11-12,17H,4-5,7-8,10H2,1H3. The minimum absolute atomic E-state index is 0.727. The van der Waals surface area contributed by atoms with Crippen molar-refractivity contribution >= 4 is 10.8 Å². The van der Waals surface area contributed by atoms with E-state index in [4.69, 9.17) is 4.74 Å². The maximum absolute atomic E-state index is 5.35. The first-order valence-electron chi connectivity index (χ1n) is 6.99. The van der Waals surface area contributed by atoms with E-state index < -0.39 is 0 Å². The van der Waals surface area contributed by atoms with Gasteiger partial charge in [-0.2, -0.15) is 0 Å². The molecule has 0 amide bonds. The second-order valence-corrected chi connectivity index (χ2v) is 5.27. The maximum Gasteiger partial charge on any atom is 0.221 e. The van der Waals surface area contributed by atoms with Gasteiger partial charge in [0.2, 0.25) is 5.88 Å².